The van der Waals surface area contributed by atoms with Crippen molar-refractivity contribution in [1.29, 1.82) is 0 Å². The van der Waals surface area contributed by atoms with Crippen LogP contribution in [0.1, 0.15) is 17.3 Å². The highest BCUT2D eigenvalue weighted by Crippen LogP contribution is 2.32. The molecule has 0 aliphatic carbocycles. The maximum absolute atomic E-state index is 13.5. The lowest BCUT2D eigenvalue weighted by atomic mass is 10.1. The summed E-state index contributed by atoms with van der Waals surface area (Å²) in [5.41, 5.74) is -0.406. The van der Waals surface area contributed by atoms with E-state index < -0.39 is 23.3 Å². The summed E-state index contributed by atoms with van der Waals surface area (Å²) >= 11 is 0. The molecule has 1 amide bonds. The Balaban J connectivity index is 2.48. The largest absolute Gasteiger partial charge is 0.380 e. The zero-order chi connectivity index (χ0) is 13.4. The first-order chi connectivity index (χ1) is 8.45. The highest BCUT2D eigenvalue weighted by atomic mass is 19.1. The van der Waals surface area contributed by atoms with Crippen LogP contribution in [0.25, 0.3) is 0 Å². The van der Waals surface area contributed by atoms with Crippen molar-refractivity contribution in [3.63, 3.8) is 0 Å². The number of ether oxygens (including phenoxy) is 1. The first-order valence-electron chi connectivity index (χ1n) is 5.33. The van der Waals surface area contributed by atoms with Crippen molar-refractivity contribution in [2.75, 3.05) is 18.6 Å². The van der Waals surface area contributed by atoms with Crippen LogP contribution in [0.3, 0.4) is 0 Å². The Morgan fingerprint density at radius 1 is 1.33 bits per heavy atom. The second-order valence-corrected chi connectivity index (χ2v) is 4.07. The predicted octanol–water partition coefficient (Wildman–Crippen LogP) is 1.53. The van der Waals surface area contributed by atoms with Gasteiger partial charge < -0.3 is 9.64 Å². The Kier molecular flexibility index (Phi) is 3.13. The topological polar surface area (TPSA) is 46.6 Å². The zero-order valence-electron chi connectivity index (χ0n) is 9.87. The summed E-state index contributed by atoms with van der Waals surface area (Å²) in [7, 11) is 1.44. The summed E-state index contributed by atoms with van der Waals surface area (Å²) in [6.45, 7) is 1.75. The van der Waals surface area contributed by atoms with Gasteiger partial charge in [0.05, 0.1) is 23.9 Å². The number of nitrogens with zero attached hydrogens (tertiary/aromatic N) is 1. The number of fused-ring (bicyclic) bond motifs is 1. The van der Waals surface area contributed by atoms with E-state index in [0.29, 0.717) is 6.07 Å². The predicted molar refractivity (Wildman–Crippen MR) is 59.5 cm³/mol. The van der Waals surface area contributed by atoms with Crippen molar-refractivity contribution in [3.05, 3.63) is 29.3 Å². The van der Waals surface area contributed by atoms with Crippen molar-refractivity contribution in [3.8, 4) is 0 Å². The summed E-state index contributed by atoms with van der Waals surface area (Å²) < 4.78 is 31.6. The van der Waals surface area contributed by atoms with Crippen LogP contribution in [0.2, 0.25) is 0 Å². The molecule has 4 nitrogen and oxygen atoms in total. The zero-order valence-corrected chi connectivity index (χ0v) is 9.87. The highest BCUT2D eigenvalue weighted by Gasteiger charge is 2.39. The van der Waals surface area contributed by atoms with Crippen LogP contribution in [0.15, 0.2) is 12.1 Å². The van der Waals surface area contributed by atoms with E-state index in [1.807, 2.05) is 0 Å². The molecule has 1 aromatic carbocycles. The third-order valence-electron chi connectivity index (χ3n) is 2.83. The molecule has 6 heteroatoms. The van der Waals surface area contributed by atoms with Gasteiger partial charge in [-0.05, 0) is 13.0 Å². The fraction of sp³-hybridized carbons (Fsp3) is 0.333. The molecule has 1 aromatic rings. The van der Waals surface area contributed by atoms with Crippen molar-refractivity contribution in [2.45, 2.75) is 13.0 Å². The van der Waals surface area contributed by atoms with Gasteiger partial charge in [0, 0.05) is 13.2 Å². The minimum absolute atomic E-state index is 0.0357. The van der Waals surface area contributed by atoms with E-state index in [-0.39, 0.29) is 23.9 Å². The third-order valence-corrected chi connectivity index (χ3v) is 2.83. The summed E-state index contributed by atoms with van der Waals surface area (Å²) in [6.07, 6.45) is -0.348. The molecule has 1 aliphatic heterocycles. The average molecular weight is 255 g/mol. The molecule has 0 N–H and O–H groups in total. The van der Waals surface area contributed by atoms with Crippen molar-refractivity contribution in [2.24, 2.45) is 0 Å². The molecule has 1 atom stereocenters. The van der Waals surface area contributed by atoms with E-state index in [1.165, 1.54) is 7.11 Å². The number of hydrogen-bond acceptors (Lipinski definition) is 3. The molecule has 0 fully saturated rings. The first-order valence-corrected chi connectivity index (χ1v) is 5.33. The van der Waals surface area contributed by atoms with E-state index in [1.54, 1.807) is 6.92 Å². The molecule has 0 radical (unpaired) electrons. The van der Waals surface area contributed by atoms with Gasteiger partial charge in [-0.2, -0.15) is 0 Å². The van der Waals surface area contributed by atoms with Gasteiger partial charge in [0.25, 0.3) is 11.7 Å². The Morgan fingerprint density at radius 3 is 2.61 bits per heavy atom. The van der Waals surface area contributed by atoms with Gasteiger partial charge in [0.1, 0.15) is 11.6 Å². The molecule has 0 aromatic heterocycles. The van der Waals surface area contributed by atoms with Gasteiger partial charge in [0.2, 0.25) is 0 Å². The highest BCUT2D eigenvalue weighted by molar-refractivity contribution is 6.52. The minimum Gasteiger partial charge on any atom is -0.380 e. The number of methoxy groups -OCH3 is 1. The lowest BCUT2D eigenvalue weighted by molar-refractivity contribution is -0.114. The van der Waals surface area contributed by atoms with Gasteiger partial charge in [0.15, 0.2) is 0 Å². The van der Waals surface area contributed by atoms with Gasteiger partial charge in [-0.3, -0.25) is 9.59 Å². The van der Waals surface area contributed by atoms with Crippen molar-refractivity contribution >= 4 is 17.4 Å². The molecule has 0 spiro atoms. The first kappa shape index (κ1) is 12.6. The number of ketones is 1. The quantitative estimate of drug-likeness (QED) is 0.769. The Morgan fingerprint density at radius 2 is 2.00 bits per heavy atom. The number of hydrogen-bond donors (Lipinski definition) is 0. The van der Waals surface area contributed by atoms with Crippen LogP contribution < -0.4 is 4.90 Å². The van der Waals surface area contributed by atoms with Crippen LogP contribution in [-0.4, -0.2) is 31.4 Å². The Hall–Kier alpha value is -1.82. The maximum Gasteiger partial charge on any atom is 0.299 e. The molecule has 2 rings (SSSR count). The average Bonchev–Trinajstić information content (AvgIpc) is 2.54. The second-order valence-electron chi connectivity index (χ2n) is 4.07. The number of Topliss-reactive ketones (excluding diaryl/α,β-unsaturated/α-hetero) is 1. The summed E-state index contributed by atoms with van der Waals surface area (Å²) in [5, 5.41) is 0. The SMILES string of the molecule is COC(C)CN1C(=O)C(=O)c2c(F)cc(F)cc21. The van der Waals surface area contributed by atoms with Gasteiger partial charge in [-0.1, -0.05) is 0 Å². The standard InChI is InChI=1S/C12H11F2NO3/c1-6(18-2)5-15-9-4-7(13)3-8(14)10(9)11(16)12(15)17/h3-4,6H,5H2,1-2H3. The van der Waals surface area contributed by atoms with Crippen LogP contribution in [0.4, 0.5) is 14.5 Å². The summed E-state index contributed by atoms with van der Waals surface area (Å²) in [4.78, 5) is 24.4. The minimum atomic E-state index is -1.02. The van der Waals surface area contributed by atoms with Crippen molar-refractivity contribution < 1.29 is 23.1 Å². The number of carbonyl (C=O) groups is 2. The molecule has 1 heterocycles. The molecule has 1 unspecified atom stereocenters. The number of amides is 1. The molecule has 0 saturated heterocycles. The monoisotopic (exact) mass is 255 g/mol. The van der Waals surface area contributed by atoms with E-state index in [0.717, 1.165) is 11.0 Å². The van der Waals surface area contributed by atoms with E-state index in [9.17, 15) is 18.4 Å². The van der Waals surface area contributed by atoms with E-state index >= 15 is 0 Å². The maximum atomic E-state index is 13.5. The van der Waals surface area contributed by atoms with Crippen molar-refractivity contribution in [1.82, 2.24) is 0 Å². The molecular weight excluding hydrogens is 244 g/mol. The number of anilines is 1. The molecule has 1 aliphatic rings. The Labute approximate surface area is 102 Å². The number of halogens is 2. The van der Waals surface area contributed by atoms with E-state index in [4.69, 9.17) is 4.74 Å². The fourth-order valence-electron chi connectivity index (χ4n) is 1.85. The Bertz CT molecular complexity index is 530. The summed E-state index contributed by atoms with van der Waals surface area (Å²) in [6, 6.07) is 1.57. The molecule has 0 bridgehead atoms. The van der Waals surface area contributed by atoms with Gasteiger partial charge >= 0.3 is 0 Å². The van der Waals surface area contributed by atoms with E-state index in [2.05, 4.69) is 0 Å². The summed E-state index contributed by atoms with van der Waals surface area (Å²) in [5.74, 6) is -3.66. The van der Waals surface area contributed by atoms with Gasteiger partial charge in [-0.15, -0.1) is 0 Å². The number of rotatable bonds is 3. The van der Waals surface area contributed by atoms with Crippen LogP contribution in [-0.2, 0) is 9.53 Å². The van der Waals surface area contributed by atoms with Crippen LogP contribution in [0.5, 0.6) is 0 Å². The normalized spacial score (nSPS) is 16.1. The lowest BCUT2D eigenvalue weighted by Crippen LogP contribution is -2.36. The molecule has 0 saturated carbocycles. The number of benzene rings is 1. The second kappa shape index (κ2) is 4.45. The lowest BCUT2D eigenvalue weighted by Gasteiger charge is -2.20. The van der Waals surface area contributed by atoms with Crippen LogP contribution in [0, 0.1) is 11.6 Å². The fourth-order valence-corrected chi connectivity index (χ4v) is 1.85. The molecular formula is C12H11F2NO3. The number of carbonyl (C=O) groups excluding carboxylic acids is 2. The third kappa shape index (κ3) is 1.88. The van der Waals surface area contributed by atoms with Crippen LogP contribution >= 0.6 is 0 Å². The molecule has 96 valence electrons. The molecule has 18 heavy (non-hydrogen) atoms. The van der Waals surface area contributed by atoms with Gasteiger partial charge in [-0.25, -0.2) is 8.78 Å². The smallest absolute Gasteiger partial charge is 0.299 e.